The first kappa shape index (κ1) is 22.6. The predicted molar refractivity (Wildman–Crippen MR) is 83.3 cm³/mol. The Morgan fingerprint density at radius 3 is 1.71 bits per heavy atom. The lowest BCUT2D eigenvalue weighted by molar-refractivity contribution is -0.137. The van der Waals surface area contributed by atoms with Crippen LogP contribution in [-0.2, 0) is 4.79 Å². The van der Waals surface area contributed by atoms with E-state index in [1.807, 2.05) is 0 Å². The largest absolute Gasteiger partial charge is 0.481 e. The second-order valence-corrected chi connectivity index (χ2v) is 5.40. The molecule has 21 heavy (non-hydrogen) atoms. The van der Waals surface area contributed by atoms with Gasteiger partial charge in [0.1, 0.15) is 0 Å². The van der Waals surface area contributed by atoms with E-state index < -0.39 is 5.97 Å². The number of hydrogen-bond acceptors (Lipinski definition) is 5. The molecule has 0 amide bonds. The van der Waals surface area contributed by atoms with Crippen molar-refractivity contribution in [1.82, 2.24) is 4.90 Å². The Labute approximate surface area is 128 Å². The highest BCUT2D eigenvalue weighted by Gasteiger charge is 2.00. The molecule has 0 unspecified atom stereocenters. The number of carboxylic acids is 1. The van der Waals surface area contributed by atoms with E-state index in [9.17, 15) is 4.79 Å². The van der Waals surface area contributed by atoms with Gasteiger partial charge in [0.15, 0.2) is 0 Å². The van der Waals surface area contributed by atoms with E-state index in [1.165, 1.54) is 12.8 Å². The van der Waals surface area contributed by atoms with Crippen LogP contribution in [0.5, 0.6) is 0 Å². The zero-order valence-electron chi connectivity index (χ0n) is 13.5. The quantitative estimate of drug-likeness (QED) is 0.400. The molecule has 4 N–H and O–H groups in total. The molecule has 0 bridgehead atoms. The Balaban J connectivity index is 0. The van der Waals surface area contributed by atoms with Crippen LogP contribution in [0.4, 0.5) is 0 Å². The minimum Gasteiger partial charge on any atom is -0.481 e. The van der Waals surface area contributed by atoms with Crippen molar-refractivity contribution in [2.24, 2.45) is 5.92 Å². The molecule has 0 saturated heterocycles. The van der Waals surface area contributed by atoms with Crippen molar-refractivity contribution in [2.75, 3.05) is 39.5 Å². The fourth-order valence-corrected chi connectivity index (χ4v) is 1.77. The summed E-state index contributed by atoms with van der Waals surface area (Å²) in [7, 11) is 0. The average molecular weight is 307 g/mol. The Morgan fingerprint density at radius 2 is 1.38 bits per heavy atom. The number of hydrogen-bond donors (Lipinski definition) is 4. The van der Waals surface area contributed by atoms with E-state index in [4.69, 9.17) is 20.4 Å². The molecule has 0 heterocycles. The second-order valence-electron chi connectivity index (χ2n) is 5.40. The maximum atomic E-state index is 10.1. The van der Waals surface area contributed by atoms with Crippen LogP contribution in [0.15, 0.2) is 0 Å². The lowest BCUT2D eigenvalue weighted by Gasteiger charge is -2.17. The lowest BCUT2D eigenvalue weighted by Crippen LogP contribution is -2.32. The molecule has 0 aliphatic heterocycles. The molecule has 0 aromatic carbocycles. The highest BCUT2D eigenvalue weighted by atomic mass is 16.4. The van der Waals surface area contributed by atoms with E-state index in [0.29, 0.717) is 26.1 Å². The van der Waals surface area contributed by atoms with Crippen LogP contribution < -0.4 is 0 Å². The van der Waals surface area contributed by atoms with Gasteiger partial charge < -0.3 is 20.4 Å². The number of unbranched alkanes of at least 4 members (excludes halogenated alkanes) is 2. The van der Waals surface area contributed by atoms with Gasteiger partial charge in [-0.3, -0.25) is 9.69 Å². The summed E-state index contributed by atoms with van der Waals surface area (Å²) in [5.41, 5.74) is 0. The number of aliphatic hydroxyl groups excluding tert-OH is 3. The SMILES string of the molecule is CC(C)CCCCCC(=O)O.OCCN(CCO)CCO. The maximum absolute atomic E-state index is 10.1. The van der Waals surface area contributed by atoms with E-state index in [-0.39, 0.29) is 19.8 Å². The number of aliphatic hydroxyl groups is 3. The normalized spacial score (nSPS) is 10.6. The van der Waals surface area contributed by atoms with Crippen LogP contribution in [0.3, 0.4) is 0 Å². The Morgan fingerprint density at radius 1 is 0.905 bits per heavy atom. The fraction of sp³-hybridized carbons (Fsp3) is 0.933. The molecule has 0 aromatic rings. The van der Waals surface area contributed by atoms with Crippen LogP contribution in [0.1, 0.15) is 46.0 Å². The summed E-state index contributed by atoms with van der Waals surface area (Å²) in [5.74, 6) is 0.0781. The van der Waals surface area contributed by atoms with Crippen molar-refractivity contribution in [1.29, 1.82) is 0 Å². The van der Waals surface area contributed by atoms with Crippen LogP contribution in [0.2, 0.25) is 0 Å². The van der Waals surface area contributed by atoms with Crippen LogP contribution in [-0.4, -0.2) is 70.8 Å². The van der Waals surface area contributed by atoms with Crippen molar-refractivity contribution in [3.8, 4) is 0 Å². The first-order chi connectivity index (χ1) is 9.97. The Hall–Kier alpha value is -0.690. The molecule has 0 atom stereocenters. The van der Waals surface area contributed by atoms with Gasteiger partial charge in [-0.1, -0.05) is 33.1 Å². The molecule has 0 aliphatic carbocycles. The standard InChI is InChI=1S/C9H18O2.C6H15NO3/c1-8(2)6-4-3-5-7-9(10)11;8-4-1-7(2-5-9)3-6-10/h8H,3-7H2,1-2H3,(H,10,11);8-10H,1-6H2. The van der Waals surface area contributed by atoms with Gasteiger partial charge >= 0.3 is 5.97 Å². The highest BCUT2D eigenvalue weighted by Crippen LogP contribution is 2.08. The highest BCUT2D eigenvalue weighted by molar-refractivity contribution is 5.66. The van der Waals surface area contributed by atoms with Crippen LogP contribution >= 0.6 is 0 Å². The van der Waals surface area contributed by atoms with Gasteiger partial charge in [0.05, 0.1) is 19.8 Å². The third-order valence-electron chi connectivity index (χ3n) is 2.92. The zero-order chi connectivity index (χ0) is 16.5. The number of carbonyl (C=O) groups is 1. The van der Waals surface area contributed by atoms with Gasteiger partial charge in [-0.2, -0.15) is 0 Å². The maximum Gasteiger partial charge on any atom is 0.303 e. The summed E-state index contributed by atoms with van der Waals surface area (Å²) < 4.78 is 0. The van der Waals surface area contributed by atoms with E-state index >= 15 is 0 Å². The average Bonchev–Trinajstić information content (AvgIpc) is 2.39. The van der Waals surface area contributed by atoms with Crippen molar-refractivity contribution in [3.63, 3.8) is 0 Å². The second kappa shape index (κ2) is 17.4. The molecule has 6 nitrogen and oxygen atoms in total. The third-order valence-corrected chi connectivity index (χ3v) is 2.92. The molecule has 0 aromatic heterocycles. The predicted octanol–water partition coefficient (Wildman–Crippen LogP) is 0.943. The lowest BCUT2D eigenvalue weighted by atomic mass is 10.0. The van der Waals surface area contributed by atoms with Crippen molar-refractivity contribution < 1.29 is 25.2 Å². The summed E-state index contributed by atoms with van der Waals surface area (Å²) in [5, 5.41) is 33.8. The number of nitrogens with zero attached hydrogens (tertiary/aromatic N) is 1. The minimum absolute atomic E-state index is 0.0694. The monoisotopic (exact) mass is 307 g/mol. The van der Waals surface area contributed by atoms with Crippen LogP contribution in [0.25, 0.3) is 0 Å². The summed E-state index contributed by atoms with van der Waals surface area (Å²) in [6.45, 7) is 6.14. The molecule has 0 rings (SSSR count). The molecular formula is C15H33NO5. The van der Waals surface area contributed by atoms with Crippen molar-refractivity contribution in [3.05, 3.63) is 0 Å². The minimum atomic E-state index is -0.672. The summed E-state index contributed by atoms with van der Waals surface area (Å²) in [6, 6.07) is 0. The number of aliphatic carboxylic acids is 1. The Kier molecular flexibility index (Phi) is 18.7. The van der Waals surface area contributed by atoms with E-state index in [0.717, 1.165) is 18.8 Å². The molecule has 6 heteroatoms. The molecule has 0 fully saturated rings. The van der Waals surface area contributed by atoms with Gasteiger partial charge in [0.2, 0.25) is 0 Å². The van der Waals surface area contributed by atoms with Gasteiger partial charge in [0, 0.05) is 26.1 Å². The van der Waals surface area contributed by atoms with Gasteiger partial charge in [-0.25, -0.2) is 0 Å². The third kappa shape index (κ3) is 21.8. The van der Waals surface area contributed by atoms with E-state index in [1.54, 1.807) is 4.90 Å². The summed E-state index contributed by atoms with van der Waals surface area (Å²) >= 11 is 0. The van der Waals surface area contributed by atoms with Crippen LogP contribution in [0, 0.1) is 5.92 Å². The van der Waals surface area contributed by atoms with Crippen molar-refractivity contribution >= 4 is 5.97 Å². The van der Waals surface area contributed by atoms with Gasteiger partial charge in [-0.15, -0.1) is 0 Å². The summed E-state index contributed by atoms with van der Waals surface area (Å²) in [4.78, 5) is 11.9. The first-order valence-electron chi connectivity index (χ1n) is 7.74. The Bertz CT molecular complexity index is 210. The molecule has 0 radical (unpaired) electrons. The molecule has 0 spiro atoms. The number of carboxylic acid groups (broad SMARTS) is 1. The zero-order valence-corrected chi connectivity index (χ0v) is 13.5. The topological polar surface area (TPSA) is 101 Å². The van der Waals surface area contributed by atoms with Gasteiger partial charge in [0.25, 0.3) is 0 Å². The molecule has 0 aliphatic rings. The van der Waals surface area contributed by atoms with E-state index in [2.05, 4.69) is 13.8 Å². The fourth-order valence-electron chi connectivity index (χ4n) is 1.77. The van der Waals surface area contributed by atoms with Crippen molar-refractivity contribution in [2.45, 2.75) is 46.0 Å². The smallest absolute Gasteiger partial charge is 0.303 e. The number of rotatable bonds is 12. The van der Waals surface area contributed by atoms with Gasteiger partial charge in [-0.05, 0) is 12.3 Å². The summed E-state index contributed by atoms with van der Waals surface area (Å²) in [6.07, 6.45) is 4.62. The molecule has 0 saturated carbocycles. The first-order valence-corrected chi connectivity index (χ1v) is 7.74. The molecular weight excluding hydrogens is 274 g/mol. The molecule has 128 valence electrons.